The van der Waals surface area contributed by atoms with Crippen LogP contribution in [0.5, 0.6) is 5.75 Å². The Kier molecular flexibility index (Phi) is 10.0. The lowest BCUT2D eigenvalue weighted by molar-refractivity contribution is -0.420. The number of aliphatic imine (C=N–C) groups is 1. The molecular weight excluding hydrogens is 528 g/mol. The molecule has 0 spiro atoms. The number of H-pyrrole nitrogens is 1. The first-order chi connectivity index (χ1) is 18.6. The van der Waals surface area contributed by atoms with Crippen molar-refractivity contribution in [3.05, 3.63) is 57.9 Å². The largest absolute Gasteiger partial charge is 0.481 e. The number of aliphatic carboxylic acids is 1. The standard InChI is InChI=1S/C24H32N8O6S/c1-30(2)18(33)12-14-10-15(21-27-8-9-28-21)13-16(11-14)38-22-20(32(36)37)19(29-24(39-3)31(22)26)17(23(34)35)6-4-5-7-25/h8-11,13,17,24H,4-7,12,25-26H2,1-3H3,(H,27,28)(H,34,35). The number of allylic oxidation sites excluding steroid dienone is 1. The summed E-state index contributed by atoms with van der Waals surface area (Å²) in [6, 6.07) is 4.92. The Labute approximate surface area is 229 Å². The molecule has 2 heterocycles. The van der Waals surface area contributed by atoms with Gasteiger partial charge in [-0.25, -0.2) is 20.8 Å². The highest BCUT2D eigenvalue weighted by Gasteiger charge is 2.43. The predicted octanol–water partition coefficient (Wildman–Crippen LogP) is 1.64. The number of aromatic amines is 1. The number of hydrogen-bond donors (Lipinski definition) is 4. The minimum absolute atomic E-state index is 0.0355. The van der Waals surface area contributed by atoms with E-state index in [4.69, 9.17) is 16.3 Å². The van der Waals surface area contributed by atoms with Crippen molar-refractivity contribution in [2.24, 2.45) is 22.5 Å². The summed E-state index contributed by atoms with van der Waals surface area (Å²) in [6.45, 7) is 0.361. The number of nitrogens with one attached hydrogen (secondary N) is 1. The summed E-state index contributed by atoms with van der Waals surface area (Å²) in [5, 5.41) is 23.3. The Morgan fingerprint density at radius 2 is 2.08 bits per heavy atom. The van der Waals surface area contributed by atoms with Crippen LogP contribution in [0.1, 0.15) is 24.8 Å². The Bertz CT molecular complexity index is 1260. The SMILES string of the molecule is CSC1N=C(C(CCCCN)C(=O)O)C([N+](=O)[O-])=C(Oc2cc(CC(=O)N(C)C)cc(-c3ncc[nH]3)c2)N1N. The second-order valence-electron chi connectivity index (χ2n) is 8.94. The number of ether oxygens (including phenoxy) is 1. The molecule has 0 fully saturated rings. The van der Waals surface area contributed by atoms with Gasteiger partial charge in [-0.2, -0.15) is 0 Å². The molecule has 0 saturated carbocycles. The molecule has 15 heteroatoms. The quantitative estimate of drug-likeness (QED) is 0.120. The Balaban J connectivity index is 2.13. The van der Waals surface area contributed by atoms with Crippen molar-refractivity contribution in [3.63, 3.8) is 0 Å². The highest BCUT2D eigenvalue weighted by molar-refractivity contribution is 7.99. The van der Waals surface area contributed by atoms with E-state index >= 15 is 0 Å². The average Bonchev–Trinajstić information content (AvgIpc) is 3.42. The number of rotatable bonds is 13. The number of unbranched alkanes of at least 4 members (excludes halogenated alkanes) is 1. The molecule has 1 amide bonds. The molecule has 0 bridgehead atoms. The summed E-state index contributed by atoms with van der Waals surface area (Å²) in [5.41, 5.74) is 4.94. The van der Waals surface area contributed by atoms with Gasteiger partial charge in [-0.15, -0.1) is 11.8 Å². The number of imidazole rings is 1. The minimum Gasteiger partial charge on any atom is -0.481 e. The number of nitrogens with zero attached hydrogens (tertiary/aromatic N) is 5. The first kappa shape index (κ1) is 29.6. The summed E-state index contributed by atoms with van der Waals surface area (Å²) in [4.78, 5) is 49.2. The number of carbonyl (C=O) groups excluding carboxylic acids is 1. The van der Waals surface area contributed by atoms with Crippen molar-refractivity contribution in [2.45, 2.75) is 31.2 Å². The van der Waals surface area contributed by atoms with Crippen molar-refractivity contribution in [1.82, 2.24) is 19.9 Å². The number of nitrogens with two attached hydrogens (primary N) is 2. The third-order valence-corrected chi connectivity index (χ3v) is 6.70. The molecule has 1 aromatic heterocycles. The molecule has 1 aliphatic rings. The topological polar surface area (TPSA) is 206 Å². The zero-order valence-corrected chi connectivity index (χ0v) is 22.7. The number of carboxylic acid groups (broad SMARTS) is 1. The van der Waals surface area contributed by atoms with Crippen LogP contribution in [0.15, 0.2) is 47.2 Å². The zero-order valence-electron chi connectivity index (χ0n) is 21.9. The van der Waals surface area contributed by atoms with E-state index in [0.717, 1.165) is 16.8 Å². The van der Waals surface area contributed by atoms with Crippen LogP contribution in [-0.4, -0.2) is 79.9 Å². The van der Waals surface area contributed by atoms with Crippen LogP contribution in [0.4, 0.5) is 0 Å². The monoisotopic (exact) mass is 560 g/mol. The average molecular weight is 561 g/mol. The van der Waals surface area contributed by atoms with E-state index in [-0.39, 0.29) is 36.1 Å². The van der Waals surface area contributed by atoms with E-state index in [2.05, 4.69) is 15.0 Å². The molecule has 2 atom stereocenters. The lowest BCUT2D eigenvalue weighted by Crippen LogP contribution is -2.47. The molecule has 14 nitrogen and oxygen atoms in total. The maximum atomic E-state index is 12.4. The van der Waals surface area contributed by atoms with Crippen molar-refractivity contribution in [2.75, 3.05) is 26.9 Å². The van der Waals surface area contributed by atoms with Crippen molar-refractivity contribution in [3.8, 4) is 17.1 Å². The summed E-state index contributed by atoms with van der Waals surface area (Å²) in [7, 11) is 3.27. The molecule has 1 aliphatic heterocycles. The van der Waals surface area contributed by atoms with Crippen LogP contribution >= 0.6 is 11.8 Å². The smallest absolute Gasteiger partial charge is 0.352 e. The number of hydrogen-bond acceptors (Lipinski definition) is 11. The molecule has 0 saturated heterocycles. The molecule has 6 N–H and O–H groups in total. The molecule has 1 aromatic carbocycles. The third kappa shape index (κ3) is 7.13. The van der Waals surface area contributed by atoms with Gasteiger partial charge in [0.15, 0.2) is 5.50 Å². The van der Waals surface area contributed by atoms with Crippen LogP contribution < -0.4 is 16.3 Å². The first-order valence-corrected chi connectivity index (χ1v) is 13.3. The van der Waals surface area contributed by atoms with Gasteiger partial charge in [0, 0.05) is 32.1 Å². The van der Waals surface area contributed by atoms with E-state index < -0.39 is 28.0 Å². The highest BCUT2D eigenvalue weighted by Crippen LogP contribution is 2.33. The maximum absolute atomic E-state index is 12.4. The Hall–Kier alpha value is -3.95. The number of hydrazine groups is 1. The van der Waals surface area contributed by atoms with E-state index in [0.29, 0.717) is 36.3 Å². The molecular formula is C24H32N8O6S. The second kappa shape index (κ2) is 13.2. The summed E-state index contributed by atoms with van der Waals surface area (Å²) in [5.74, 6) is 3.83. The molecule has 0 radical (unpaired) electrons. The van der Waals surface area contributed by atoms with Gasteiger partial charge < -0.3 is 25.5 Å². The first-order valence-electron chi connectivity index (χ1n) is 12.0. The lowest BCUT2D eigenvalue weighted by Gasteiger charge is -2.31. The number of aromatic nitrogens is 2. The Morgan fingerprint density at radius 1 is 1.33 bits per heavy atom. The van der Waals surface area contributed by atoms with Crippen molar-refractivity contribution >= 4 is 29.4 Å². The fourth-order valence-electron chi connectivity index (χ4n) is 3.96. The fourth-order valence-corrected chi connectivity index (χ4v) is 4.51. The van der Waals surface area contributed by atoms with Gasteiger partial charge in [-0.1, -0.05) is 6.42 Å². The molecule has 39 heavy (non-hydrogen) atoms. The number of nitro groups is 1. The number of carboxylic acids is 1. The normalized spacial score (nSPS) is 16.1. The molecule has 3 rings (SSSR count). The van der Waals surface area contributed by atoms with Crippen LogP contribution in [0, 0.1) is 16.0 Å². The molecule has 2 unspecified atom stereocenters. The van der Waals surface area contributed by atoms with E-state index in [9.17, 15) is 24.8 Å². The summed E-state index contributed by atoms with van der Waals surface area (Å²) in [6.07, 6.45) is 6.02. The minimum atomic E-state index is -1.26. The predicted molar refractivity (Wildman–Crippen MR) is 146 cm³/mol. The van der Waals surface area contributed by atoms with E-state index in [1.165, 1.54) is 4.90 Å². The number of amides is 1. The van der Waals surface area contributed by atoms with Gasteiger partial charge in [0.2, 0.25) is 5.91 Å². The number of carbonyl (C=O) groups is 2. The zero-order chi connectivity index (χ0) is 28.7. The van der Waals surface area contributed by atoms with Crippen molar-refractivity contribution < 1.29 is 24.4 Å². The molecule has 2 aromatic rings. The number of thioether (sulfide) groups is 1. The third-order valence-electron chi connectivity index (χ3n) is 5.94. The maximum Gasteiger partial charge on any atom is 0.352 e. The summed E-state index contributed by atoms with van der Waals surface area (Å²) >= 11 is 1.16. The lowest BCUT2D eigenvalue weighted by atomic mass is 9.94. The van der Waals surface area contributed by atoms with Crippen LogP contribution in [0.2, 0.25) is 0 Å². The highest BCUT2D eigenvalue weighted by atomic mass is 32.2. The summed E-state index contributed by atoms with van der Waals surface area (Å²) < 4.78 is 6.05. The van der Waals surface area contributed by atoms with Crippen LogP contribution in [0.3, 0.4) is 0 Å². The van der Waals surface area contributed by atoms with Crippen molar-refractivity contribution in [1.29, 1.82) is 0 Å². The van der Waals surface area contributed by atoms with Gasteiger partial charge in [-0.3, -0.25) is 19.7 Å². The molecule has 0 aliphatic carbocycles. The van der Waals surface area contributed by atoms with Gasteiger partial charge in [0.05, 0.1) is 11.3 Å². The Morgan fingerprint density at radius 3 is 2.64 bits per heavy atom. The van der Waals surface area contributed by atoms with E-state index in [1.807, 2.05) is 0 Å². The second-order valence-corrected chi connectivity index (χ2v) is 9.83. The number of benzene rings is 1. The van der Waals surface area contributed by atoms with Gasteiger partial charge in [0.25, 0.3) is 5.88 Å². The fraction of sp³-hybridized carbons (Fsp3) is 0.417. The van der Waals surface area contributed by atoms with Gasteiger partial charge in [-0.05, 0) is 49.4 Å². The number of likely N-dealkylation sites (N-methyl/N-ethyl adjacent to an activating group) is 1. The van der Waals surface area contributed by atoms with Gasteiger partial charge in [0.1, 0.15) is 23.2 Å². The van der Waals surface area contributed by atoms with Gasteiger partial charge >= 0.3 is 11.7 Å². The van der Waals surface area contributed by atoms with E-state index in [1.54, 1.807) is 50.9 Å². The van der Waals surface area contributed by atoms with Crippen LogP contribution in [-0.2, 0) is 16.0 Å². The van der Waals surface area contributed by atoms with Crippen LogP contribution in [0.25, 0.3) is 11.4 Å². The molecule has 210 valence electrons.